The number of benzene rings is 1. The third kappa shape index (κ3) is 4.43. The number of ether oxygens (including phenoxy) is 1. The van der Waals surface area contributed by atoms with Gasteiger partial charge in [0.25, 0.3) is 0 Å². The predicted octanol–water partition coefficient (Wildman–Crippen LogP) is 3.08. The van der Waals surface area contributed by atoms with E-state index in [1.165, 1.54) is 12.1 Å². The van der Waals surface area contributed by atoms with Crippen LogP contribution in [0.4, 0.5) is 22.0 Å². The number of alkyl halides is 4. The maximum atomic E-state index is 13.3. The van der Waals surface area contributed by atoms with Crippen LogP contribution in [0.1, 0.15) is 17.2 Å². The van der Waals surface area contributed by atoms with Gasteiger partial charge in [-0.2, -0.15) is 8.78 Å². The standard InChI is InChI=1S/C12H13F5O2/c1-7-2-3-9(13)8(4-7)10(18)5-19-6-12(16,17)11(14)15/h2-4,10-11,18H,5-6H2,1H3. The summed E-state index contributed by atoms with van der Waals surface area (Å²) in [6, 6.07) is 3.91. The van der Waals surface area contributed by atoms with E-state index in [-0.39, 0.29) is 5.56 Å². The molecular weight excluding hydrogens is 271 g/mol. The molecule has 0 aromatic heterocycles. The summed E-state index contributed by atoms with van der Waals surface area (Å²) in [6.45, 7) is -0.570. The minimum Gasteiger partial charge on any atom is -0.386 e. The van der Waals surface area contributed by atoms with Crippen molar-refractivity contribution >= 4 is 0 Å². The van der Waals surface area contributed by atoms with Crippen LogP contribution in [0.5, 0.6) is 0 Å². The first-order valence-corrected chi connectivity index (χ1v) is 5.42. The molecule has 0 saturated heterocycles. The molecular formula is C12H13F5O2. The summed E-state index contributed by atoms with van der Waals surface area (Å²) in [7, 11) is 0. The first-order valence-electron chi connectivity index (χ1n) is 5.42. The van der Waals surface area contributed by atoms with Crippen LogP contribution in [-0.4, -0.2) is 30.7 Å². The van der Waals surface area contributed by atoms with E-state index in [1.807, 2.05) is 0 Å². The van der Waals surface area contributed by atoms with Gasteiger partial charge in [0, 0.05) is 5.56 Å². The summed E-state index contributed by atoms with van der Waals surface area (Å²) in [5.41, 5.74) is 0.536. The molecule has 1 atom stereocenters. The molecule has 19 heavy (non-hydrogen) atoms. The van der Waals surface area contributed by atoms with Gasteiger partial charge in [0.05, 0.1) is 6.61 Å². The number of hydrogen-bond acceptors (Lipinski definition) is 2. The van der Waals surface area contributed by atoms with Crippen molar-refractivity contribution < 1.29 is 31.8 Å². The Morgan fingerprint density at radius 2 is 1.95 bits per heavy atom. The van der Waals surface area contributed by atoms with Gasteiger partial charge in [-0.25, -0.2) is 13.2 Å². The zero-order valence-corrected chi connectivity index (χ0v) is 10.0. The molecule has 1 N–H and O–H groups in total. The molecule has 0 heterocycles. The highest BCUT2D eigenvalue weighted by Crippen LogP contribution is 2.24. The molecule has 7 heteroatoms. The van der Waals surface area contributed by atoms with Crippen LogP contribution in [-0.2, 0) is 4.74 Å². The molecule has 0 fully saturated rings. The van der Waals surface area contributed by atoms with Crippen LogP contribution in [0.2, 0.25) is 0 Å². The third-order valence-electron chi connectivity index (χ3n) is 2.40. The SMILES string of the molecule is Cc1ccc(F)c(C(O)COCC(F)(F)C(F)F)c1. The van der Waals surface area contributed by atoms with Gasteiger partial charge in [-0.05, 0) is 13.0 Å². The number of halogens is 5. The summed E-state index contributed by atoms with van der Waals surface area (Å²) in [4.78, 5) is 0. The fraction of sp³-hybridized carbons (Fsp3) is 0.500. The summed E-state index contributed by atoms with van der Waals surface area (Å²) in [5.74, 6) is -5.01. The second-order valence-corrected chi connectivity index (χ2v) is 4.12. The van der Waals surface area contributed by atoms with Crippen molar-refractivity contribution in [2.24, 2.45) is 0 Å². The van der Waals surface area contributed by atoms with Crippen molar-refractivity contribution in [3.8, 4) is 0 Å². The lowest BCUT2D eigenvalue weighted by molar-refractivity contribution is -0.170. The van der Waals surface area contributed by atoms with Crippen molar-refractivity contribution in [3.05, 3.63) is 35.1 Å². The highest BCUT2D eigenvalue weighted by molar-refractivity contribution is 5.25. The zero-order valence-electron chi connectivity index (χ0n) is 10.0. The Labute approximate surface area is 106 Å². The molecule has 0 aliphatic heterocycles. The van der Waals surface area contributed by atoms with Gasteiger partial charge in [0.2, 0.25) is 0 Å². The lowest BCUT2D eigenvalue weighted by atomic mass is 10.1. The van der Waals surface area contributed by atoms with Crippen molar-refractivity contribution in [1.29, 1.82) is 0 Å². The minimum absolute atomic E-state index is 0.125. The molecule has 1 unspecified atom stereocenters. The summed E-state index contributed by atoms with van der Waals surface area (Å²) < 4.78 is 66.3. The Morgan fingerprint density at radius 1 is 1.32 bits per heavy atom. The van der Waals surface area contributed by atoms with E-state index in [0.29, 0.717) is 5.56 Å². The Bertz CT molecular complexity index is 423. The molecule has 1 aromatic carbocycles. The molecule has 108 valence electrons. The first-order chi connectivity index (χ1) is 8.74. The number of rotatable bonds is 6. The lowest BCUT2D eigenvalue weighted by Crippen LogP contribution is -2.33. The van der Waals surface area contributed by atoms with Crippen LogP contribution in [0.3, 0.4) is 0 Å². The Balaban J connectivity index is 2.56. The second-order valence-electron chi connectivity index (χ2n) is 4.12. The molecule has 0 bridgehead atoms. The number of hydrogen-bond donors (Lipinski definition) is 1. The fourth-order valence-electron chi connectivity index (χ4n) is 1.38. The average molecular weight is 284 g/mol. The number of aliphatic hydroxyl groups excluding tert-OH is 1. The lowest BCUT2D eigenvalue weighted by Gasteiger charge is -2.17. The van der Waals surface area contributed by atoms with Crippen molar-refractivity contribution in [2.45, 2.75) is 25.4 Å². The molecule has 0 aliphatic rings. The molecule has 0 saturated carbocycles. The molecule has 0 radical (unpaired) electrons. The number of aryl methyl sites for hydroxylation is 1. The van der Waals surface area contributed by atoms with Gasteiger partial charge in [-0.3, -0.25) is 0 Å². The van der Waals surface area contributed by atoms with Crippen LogP contribution in [0.15, 0.2) is 18.2 Å². The zero-order chi connectivity index (χ0) is 14.6. The van der Waals surface area contributed by atoms with Crippen LogP contribution in [0, 0.1) is 12.7 Å². The van der Waals surface area contributed by atoms with Crippen molar-refractivity contribution in [3.63, 3.8) is 0 Å². The quantitative estimate of drug-likeness (QED) is 0.813. The van der Waals surface area contributed by atoms with Crippen molar-refractivity contribution in [2.75, 3.05) is 13.2 Å². The van der Waals surface area contributed by atoms with E-state index >= 15 is 0 Å². The maximum absolute atomic E-state index is 13.3. The normalized spacial score (nSPS) is 13.9. The van der Waals surface area contributed by atoms with Crippen molar-refractivity contribution in [1.82, 2.24) is 0 Å². The van der Waals surface area contributed by atoms with Gasteiger partial charge < -0.3 is 9.84 Å². The smallest absolute Gasteiger partial charge is 0.330 e. The molecule has 0 spiro atoms. The van der Waals surface area contributed by atoms with Crippen LogP contribution >= 0.6 is 0 Å². The Hall–Kier alpha value is -1.21. The molecule has 0 amide bonds. The van der Waals surface area contributed by atoms with Gasteiger partial charge in [-0.15, -0.1) is 0 Å². The van der Waals surface area contributed by atoms with Crippen LogP contribution < -0.4 is 0 Å². The topological polar surface area (TPSA) is 29.5 Å². The molecule has 1 rings (SSSR count). The highest BCUT2D eigenvalue weighted by Gasteiger charge is 2.41. The molecule has 2 nitrogen and oxygen atoms in total. The van der Waals surface area contributed by atoms with E-state index in [1.54, 1.807) is 6.92 Å². The van der Waals surface area contributed by atoms with E-state index in [2.05, 4.69) is 4.74 Å². The van der Waals surface area contributed by atoms with E-state index in [0.717, 1.165) is 6.07 Å². The van der Waals surface area contributed by atoms with E-state index in [4.69, 9.17) is 0 Å². The monoisotopic (exact) mass is 284 g/mol. The van der Waals surface area contributed by atoms with Gasteiger partial charge in [0.1, 0.15) is 18.5 Å². The molecule has 1 aromatic rings. The first kappa shape index (κ1) is 15.8. The second kappa shape index (κ2) is 6.29. The van der Waals surface area contributed by atoms with Crippen LogP contribution in [0.25, 0.3) is 0 Å². The molecule has 0 aliphatic carbocycles. The predicted molar refractivity (Wildman–Crippen MR) is 57.9 cm³/mol. The van der Waals surface area contributed by atoms with Gasteiger partial charge in [0.15, 0.2) is 0 Å². The average Bonchev–Trinajstić information content (AvgIpc) is 2.31. The number of aliphatic hydroxyl groups is 1. The third-order valence-corrected chi connectivity index (χ3v) is 2.40. The Kier molecular flexibility index (Phi) is 5.25. The maximum Gasteiger partial charge on any atom is 0.330 e. The fourth-order valence-corrected chi connectivity index (χ4v) is 1.38. The van der Waals surface area contributed by atoms with Gasteiger partial charge >= 0.3 is 12.3 Å². The van der Waals surface area contributed by atoms with E-state index < -0.39 is 37.5 Å². The summed E-state index contributed by atoms with van der Waals surface area (Å²) >= 11 is 0. The largest absolute Gasteiger partial charge is 0.386 e. The summed E-state index contributed by atoms with van der Waals surface area (Å²) in [5, 5.41) is 9.56. The Morgan fingerprint density at radius 3 is 2.53 bits per heavy atom. The van der Waals surface area contributed by atoms with E-state index in [9.17, 15) is 27.1 Å². The minimum atomic E-state index is -4.29. The summed E-state index contributed by atoms with van der Waals surface area (Å²) in [6.07, 6.45) is -5.34. The highest BCUT2D eigenvalue weighted by atomic mass is 19.3. The van der Waals surface area contributed by atoms with Gasteiger partial charge in [-0.1, -0.05) is 17.7 Å².